The predicted octanol–water partition coefficient (Wildman–Crippen LogP) is 1.85. The van der Waals surface area contributed by atoms with Gasteiger partial charge in [0.15, 0.2) is 0 Å². The highest BCUT2D eigenvalue weighted by atomic mass is 16.5. The van der Waals surface area contributed by atoms with E-state index in [-0.39, 0.29) is 25.0 Å². The molecule has 2 aliphatic rings. The molecule has 0 saturated carbocycles. The number of rotatable bonds is 6. The van der Waals surface area contributed by atoms with Crippen LogP contribution in [0.2, 0.25) is 0 Å². The summed E-state index contributed by atoms with van der Waals surface area (Å²) in [6.45, 7) is 2.26. The highest BCUT2D eigenvalue weighted by Crippen LogP contribution is 2.31. The largest absolute Gasteiger partial charge is 0.396 e. The van der Waals surface area contributed by atoms with Crippen molar-refractivity contribution in [1.82, 2.24) is 9.55 Å². The third kappa shape index (κ3) is 3.98. The van der Waals surface area contributed by atoms with Gasteiger partial charge >= 0.3 is 0 Å². The normalized spacial score (nSPS) is 15.6. The summed E-state index contributed by atoms with van der Waals surface area (Å²) in [7, 11) is 1.99. The Hall–Kier alpha value is -3.63. The molecule has 0 aliphatic carbocycles. The predicted molar refractivity (Wildman–Crippen MR) is 126 cm³/mol. The van der Waals surface area contributed by atoms with Crippen LogP contribution in [0.25, 0.3) is 11.0 Å². The molecule has 0 atom stereocenters. The molecule has 1 fully saturated rings. The maximum absolute atomic E-state index is 13.0. The number of carbonyl (C=O) groups is 2. The summed E-state index contributed by atoms with van der Waals surface area (Å²) in [4.78, 5) is 33.7. The number of amides is 2. The molecule has 2 aliphatic heterocycles. The van der Waals surface area contributed by atoms with Crippen LogP contribution < -0.4 is 20.4 Å². The minimum Gasteiger partial charge on any atom is -0.396 e. The molecule has 1 aromatic heterocycles. The van der Waals surface area contributed by atoms with E-state index in [4.69, 9.17) is 4.74 Å². The van der Waals surface area contributed by atoms with Gasteiger partial charge in [0.25, 0.3) is 11.8 Å². The van der Waals surface area contributed by atoms with E-state index in [2.05, 4.69) is 20.5 Å². The van der Waals surface area contributed by atoms with E-state index in [1.807, 2.05) is 41.9 Å². The van der Waals surface area contributed by atoms with Crippen molar-refractivity contribution in [3.63, 3.8) is 0 Å². The Bertz CT molecular complexity index is 1220. The number of aliphatic hydroxyl groups is 1. The molecule has 3 N–H and O–H groups in total. The molecular formula is C23H26N6O4. The molecule has 1 saturated heterocycles. The summed E-state index contributed by atoms with van der Waals surface area (Å²) in [5, 5.41) is 15.5. The molecule has 33 heavy (non-hydrogen) atoms. The summed E-state index contributed by atoms with van der Waals surface area (Å²) in [5.74, 6) is 0.0440. The van der Waals surface area contributed by atoms with Gasteiger partial charge in [-0.25, -0.2) is 4.98 Å². The summed E-state index contributed by atoms with van der Waals surface area (Å²) < 4.78 is 7.10. The van der Waals surface area contributed by atoms with Crippen LogP contribution in [0.1, 0.15) is 16.8 Å². The van der Waals surface area contributed by atoms with Crippen molar-refractivity contribution >= 4 is 45.9 Å². The number of morpholine rings is 1. The van der Waals surface area contributed by atoms with E-state index in [1.54, 1.807) is 11.0 Å². The monoisotopic (exact) mass is 450 g/mol. The van der Waals surface area contributed by atoms with Gasteiger partial charge in [0.1, 0.15) is 6.61 Å². The molecule has 2 aromatic carbocycles. The quantitative estimate of drug-likeness (QED) is 0.526. The van der Waals surface area contributed by atoms with Gasteiger partial charge in [0.05, 0.1) is 35.7 Å². The fourth-order valence-corrected chi connectivity index (χ4v) is 4.24. The topological polar surface area (TPSA) is 112 Å². The van der Waals surface area contributed by atoms with E-state index < -0.39 is 0 Å². The first-order valence-electron chi connectivity index (χ1n) is 10.9. The van der Waals surface area contributed by atoms with E-state index in [0.29, 0.717) is 49.8 Å². The Morgan fingerprint density at radius 1 is 1.27 bits per heavy atom. The van der Waals surface area contributed by atoms with Crippen LogP contribution in [0.3, 0.4) is 0 Å². The number of hydrogen-bond acceptors (Lipinski definition) is 7. The fourth-order valence-electron chi connectivity index (χ4n) is 4.24. The zero-order valence-electron chi connectivity index (χ0n) is 18.4. The third-order valence-electron chi connectivity index (χ3n) is 5.97. The maximum Gasteiger partial charge on any atom is 0.258 e. The number of imidazole rings is 1. The molecule has 3 heterocycles. The molecular weight excluding hydrogens is 424 g/mol. The summed E-state index contributed by atoms with van der Waals surface area (Å²) in [5.41, 5.74) is 4.72. The Morgan fingerprint density at radius 3 is 2.97 bits per heavy atom. The van der Waals surface area contributed by atoms with Gasteiger partial charge in [-0.1, -0.05) is 0 Å². The maximum atomic E-state index is 13.0. The van der Waals surface area contributed by atoms with E-state index in [0.717, 1.165) is 22.6 Å². The van der Waals surface area contributed by atoms with Crippen molar-refractivity contribution in [2.24, 2.45) is 0 Å². The second kappa shape index (κ2) is 8.72. The Labute approximate surface area is 190 Å². The number of aryl methyl sites for hydroxylation is 1. The molecule has 172 valence electrons. The van der Waals surface area contributed by atoms with Gasteiger partial charge in [0, 0.05) is 38.0 Å². The summed E-state index contributed by atoms with van der Waals surface area (Å²) >= 11 is 0. The average molecular weight is 450 g/mol. The lowest BCUT2D eigenvalue weighted by atomic mass is 10.1. The van der Waals surface area contributed by atoms with Crippen LogP contribution in [0.15, 0.2) is 36.4 Å². The zero-order valence-corrected chi connectivity index (χ0v) is 18.4. The first-order chi connectivity index (χ1) is 16.0. The van der Waals surface area contributed by atoms with Crippen molar-refractivity contribution in [3.8, 4) is 0 Å². The number of anilines is 4. The Balaban J connectivity index is 1.46. The van der Waals surface area contributed by atoms with Gasteiger partial charge in [0.2, 0.25) is 5.95 Å². The zero-order chi connectivity index (χ0) is 22.9. The number of benzene rings is 2. The van der Waals surface area contributed by atoms with Crippen LogP contribution >= 0.6 is 0 Å². The molecule has 10 nitrogen and oxygen atoms in total. The van der Waals surface area contributed by atoms with E-state index in [9.17, 15) is 14.7 Å². The van der Waals surface area contributed by atoms with E-state index >= 15 is 0 Å². The summed E-state index contributed by atoms with van der Waals surface area (Å²) in [6, 6.07) is 11.2. The second-order valence-corrected chi connectivity index (χ2v) is 8.15. The second-order valence-electron chi connectivity index (χ2n) is 8.15. The number of aliphatic hydroxyl groups excluding tert-OH is 1. The Morgan fingerprint density at radius 2 is 2.15 bits per heavy atom. The highest BCUT2D eigenvalue weighted by Gasteiger charge is 2.22. The lowest BCUT2D eigenvalue weighted by Crippen LogP contribution is -2.41. The molecule has 0 spiro atoms. The van der Waals surface area contributed by atoms with Crippen molar-refractivity contribution in [1.29, 1.82) is 0 Å². The number of nitrogens with zero attached hydrogens (tertiary/aromatic N) is 4. The molecule has 0 bridgehead atoms. The lowest BCUT2D eigenvalue weighted by molar-refractivity contribution is -0.125. The smallest absolute Gasteiger partial charge is 0.258 e. The number of nitrogens with one attached hydrogen (secondary N) is 2. The summed E-state index contributed by atoms with van der Waals surface area (Å²) in [6.07, 6.45) is 0.521. The number of ether oxygens (including phenoxy) is 1. The number of carbonyl (C=O) groups excluding carboxylic acids is 2. The highest BCUT2D eigenvalue weighted by molar-refractivity contribution is 6.05. The van der Waals surface area contributed by atoms with Gasteiger partial charge < -0.3 is 29.5 Å². The first kappa shape index (κ1) is 21.2. The van der Waals surface area contributed by atoms with Crippen LogP contribution in [-0.4, -0.2) is 66.6 Å². The molecule has 10 heteroatoms. The van der Waals surface area contributed by atoms with Crippen molar-refractivity contribution in [2.45, 2.75) is 13.0 Å². The minimum atomic E-state index is -0.265. The van der Waals surface area contributed by atoms with Crippen molar-refractivity contribution < 1.29 is 19.4 Å². The van der Waals surface area contributed by atoms with Crippen LogP contribution in [-0.2, 0) is 16.1 Å². The molecule has 0 unspecified atom stereocenters. The standard InChI is InChI=1S/C23H26N6O4/c1-27-14-24-17-11-15(3-5-19(17)27)22(32)26-23-25-18-12-16(28-8-10-33-13-21(28)31)4-6-20(18)29(23)7-2-9-30/h3-6,11-12,24,30H,2,7-10,13-14H2,1H3,(H,25,26,32). The Kier molecular flexibility index (Phi) is 5.61. The van der Waals surface area contributed by atoms with Crippen molar-refractivity contribution in [2.75, 3.05) is 60.5 Å². The van der Waals surface area contributed by atoms with Gasteiger partial charge in [-0.15, -0.1) is 0 Å². The van der Waals surface area contributed by atoms with Gasteiger partial charge in [-0.3, -0.25) is 14.9 Å². The third-order valence-corrected chi connectivity index (χ3v) is 5.97. The molecule has 0 radical (unpaired) electrons. The van der Waals surface area contributed by atoms with Crippen LogP contribution in [0, 0.1) is 0 Å². The number of hydrogen-bond donors (Lipinski definition) is 3. The first-order valence-corrected chi connectivity index (χ1v) is 10.9. The van der Waals surface area contributed by atoms with Crippen molar-refractivity contribution in [3.05, 3.63) is 42.0 Å². The fraction of sp³-hybridized carbons (Fsp3) is 0.348. The number of aromatic nitrogens is 2. The molecule has 5 rings (SSSR count). The van der Waals surface area contributed by atoms with Gasteiger partial charge in [-0.2, -0.15) is 0 Å². The van der Waals surface area contributed by atoms with Crippen LogP contribution in [0.4, 0.5) is 23.0 Å². The molecule has 2 amide bonds. The van der Waals surface area contributed by atoms with Gasteiger partial charge in [-0.05, 0) is 42.8 Å². The minimum absolute atomic E-state index is 0.0252. The SMILES string of the molecule is CN1CNc2cc(C(=O)Nc3nc4cc(N5CCOCC5=O)ccc4n3CCCO)ccc21. The average Bonchev–Trinajstić information content (AvgIpc) is 3.36. The van der Waals surface area contributed by atoms with E-state index in [1.165, 1.54) is 0 Å². The lowest BCUT2D eigenvalue weighted by Gasteiger charge is -2.26. The molecule has 3 aromatic rings. The number of fused-ring (bicyclic) bond motifs is 2. The van der Waals surface area contributed by atoms with Crippen LogP contribution in [0.5, 0.6) is 0 Å².